The molecule has 92 valence electrons. The molecule has 1 unspecified atom stereocenters. The van der Waals surface area contributed by atoms with Crippen LogP contribution in [0, 0.1) is 5.92 Å². The summed E-state index contributed by atoms with van der Waals surface area (Å²) in [5, 5.41) is 9.07. The second-order valence-corrected chi connectivity index (χ2v) is 4.81. The fourth-order valence-corrected chi connectivity index (χ4v) is 2.22. The van der Waals surface area contributed by atoms with Crippen molar-refractivity contribution in [2.75, 3.05) is 6.61 Å². The lowest BCUT2D eigenvalue weighted by atomic mass is 9.97. The molecule has 0 amide bonds. The van der Waals surface area contributed by atoms with Crippen LogP contribution in [-0.2, 0) is 0 Å². The van der Waals surface area contributed by atoms with Crippen LogP contribution in [0.2, 0.25) is 0 Å². The molecule has 1 N–H and O–H groups in total. The number of aliphatic hydroxyl groups is 1. The van der Waals surface area contributed by atoms with E-state index in [1.807, 2.05) is 0 Å². The molecule has 0 saturated heterocycles. The third-order valence-corrected chi connectivity index (χ3v) is 3.49. The molecule has 0 spiro atoms. The number of aliphatic hydroxyl groups excluding tert-OH is 1. The van der Waals surface area contributed by atoms with E-state index < -0.39 is 0 Å². The first kappa shape index (κ1) is 13.5. The maximum Gasteiger partial charge on any atom is 0.0459 e. The van der Waals surface area contributed by atoms with Crippen molar-refractivity contribution in [1.82, 2.24) is 0 Å². The second-order valence-electron chi connectivity index (χ2n) is 4.81. The maximum absolute atomic E-state index is 9.07. The molecule has 0 saturated carbocycles. The molecule has 16 heavy (non-hydrogen) atoms. The number of hydrogen-bond acceptors (Lipinski definition) is 1. The van der Waals surface area contributed by atoms with E-state index in [1.165, 1.54) is 50.5 Å². The number of hydrogen-bond donors (Lipinski definition) is 1. The van der Waals surface area contributed by atoms with E-state index in [-0.39, 0.29) is 0 Å². The van der Waals surface area contributed by atoms with E-state index >= 15 is 0 Å². The molecule has 1 atom stereocenters. The Morgan fingerprint density at radius 3 is 2.75 bits per heavy atom. The first-order valence-corrected chi connectivity index (χ1v) is 6.83. The van der Waals surface area contributed by atoms with Crippen LogP contribution in [0.15, 0.2) is 23.8 Å². The van der Waals surface area contributed by atoms with Crippen LogP contribution in [0.5, 0.6) is 0 Å². The van der Waals surface area contributed by atoms with Gasteiger partial charge in [-0.25, -0.2) is 0 Å². The van der Waals surface area contributed by atoms with E-state index in [4.69, 9.17) is 5.11 Å². The van der Waals surface area contributed by atoms with Gasteiger partial charge in [0, 0.05) is 6.61 Å². The van der Waals surface area contributed by atoms with Gasteiger partial charge in [0.1, 0.15) is 0 Å². The summed E-state index contributed by atoms with van der Waals surface area (Å²) in [6.07, 6.45) is 16.8. The molecule has 1 rings (SSSR count). The lowest BCUT2D eigenvalue weighted by Crippen LogP contribution is -2.03. The van der Waals surface area contributed by atoms with Gasteiger partial charge in [-0.15, -0.1) is 0 Å². The van der Waals surface area contributed by atoms with Crippen molar-refractivity contribution in [3.05, 3.63) is 23.8 Å². The van der Waals surface area contributed by atoms with Gasteiger partial charge in [-0.05, 0) is 38.0 Å². The van der Waals surface area contributed by atoms with Gasteiger partial charge in [0.2, 0.25) is 0 Å². The Morgan fingerprint density at radius 2 is 2.12 bits per heavy atom. The Balaban J connectivity index is 1.99. The number of rotatable bonds is 8. The van der Waals surface area contributed by atoms with Crippen LogP contribution in [0.25, 0.3) is 0 Å². The zero-order valence-electron chi connectivity index (χ0n) is 10.6. The summed E-state index contributed by atoms with van der Waals surface area (Å²) in [5.74, 6) is 0.536. The summed E-state index contributed by atoms with van der Waals surface area (Å²) in [6.45, 7) is 2.53. The van der Waals surface area contributed by atoms with Crippen LogP contribution in [0.4, 0.5) is 0 Å². The van der Waals surface area contributed by atoms with Crippen molar-refractivity contribution >= 4 is 0 Å². The summed E-state index contributed by atoms with van der Waals surface area (Å²) in [7, 11) is 0. The van der Waals surface area contributed by atoms with Gasteiger partial charge in [-0.1, -0.05) is 50.0 Å². The van der Waals surface area contributed by atoms with Crippen molar-refractivity contribution in [3.8, 4) is 0 Å². The zero-order valence-corrected chi connectivity index (χ0v) is 10.6. The zero-order chi connectivity index (χ0) is 11.6. The van der Waals surface area contributed by atoms with Gasteiger partial charge in [0.25, 0.3) is 0 Å². The van der Waals surface area contributed by atoms with Crippen molar-refractivity contribution < 1.29 is 5.11 Å². The van der Waals surface area contributed by atoms with E-state index in [1.54, 1.807) is 0 Å². The van der Waals surface area contributed by atoms with E-state index in [9.17, 15) is 0 Å². The summed E-state index contributed by atoms with van der Waals surface area (Å²) in [4.78, 5) is 0. The van der Waals surface area contributed by atoms with Crippen LogP contribution < -0.4 is 0 Å². The van der Waals surface area contributed by atoms with E-state index in [0.29, 0.717) is 12.5 Å². The van der Waals surface area contributed by atoms with Crippen LogP contribution in [-0.4, -0.2) is 11.7 Å². The summed E-state index contributed by atoms with van der Waals surface area (Å²) < 4.78 is 0. The topological polar surface area (TPSA) is 20.2 Å². The third kappa shape index (κ3) is 5.50. The van der Waals surface area contributed by atoms with Gasteiger partial charge in [-0.2, -0.15) is 0 Å². The Hall–Kier alpha value is -0.560. The molecule has 1 aliphatic rings. The monoisotopic (exact) mass is 222 g/mol. The highest BCUT2D eigenvalue weighted by Gasteiger charge is 2.04. The molecule has 1 aliphatic carbocycles. The van der Waals surface area contributed by atoms with Gasteiger partial charge in [-0.3, -0.25) is 0 Å². The minimum Gasteiger partial charge on any atom is -0.396 e. The van der Waals surface area contributed by atoms with Gasteiger partial charge in [0.05, 0.1) is 0 Å². The van der Waals surface area contributed by atoms with Gasteiger partial charge >= 0.3 is 0 Å². The van der Waals surface area contributed by atoms with Crippen molar-refractivity contribution in [3.63, 3.8) is 0 Å². The molecule has 0 aromatic heterocycles. The van der Waals surface area contributed by atoms with E-state index in [0.717, 1.165) is 6.42 Å². The maximum atomic E-state index is 9.07. The Bertz CT molecular complexity index is 224. The molecule has 0 aromatic rings. The van der Waals surface area contributed by atoms with Crippen molar-refractivity contribution in [2.24, 2.45) is 5.92 Å². The van der Waals surface area contributed by atoms with Crippen LogP contribution in [0.1, 0.15) is 58.3 Å². The smallest absolute Gasteiger partial charge is 0.0459 e. The Kier molecular flexibility index (Phi) is 7.24. The predicted molar refractivity (Wildman–Crippen MR) is 70.4 cm³/mol. The molecule has 0 heterocycles. The molecule has 0 aliphatic heterocycles. The largest absolute Gasteiger partial charge is 0.396 e. The highest BCUT2D eigenvalue weighted by atomic mass is 16.3. The number of allylic oxidation sites excluding steroid dienone is 4. The molecule has 0 radical (unpaired) electrons. The quantitative estimate of drug-likeness (QED) is 0.609. The van der Waals surface area contributed by atoms with Crippen molar-refractivity contribution in [1.29, 1.82) is 0 Å². The fourth-order valence-electron chi connectivity index (χ4n) is 2.22. The predicted octanol–water partition coefficient (Wildman–Crippen LogP) is 4.23. The average Bonchev–Trinajstić information content (AvgIpc) is 2.35. The molecule has 0 bridgehead atoms. The van der Waals surface area contributed by atoms with E-state index in [2.05, 4.69) is 25.2 Å². The summed E-state index contributed by atoms with van der Waals surface area (Å²) in [5.41, 5.74) is 1.53. The molecule has 1 heteroatoms. The molecule has 0 fully saturated rings. The first-order valence-electron chi connectivity index (χ1n) is 6.83. The minimum absolute atomic E-state index is 0.365. The highest BCUT2D eigenvalue weighted by molar-refractivity contribution is 5.21. The van der Waals surface area contributed by atoms with Crippen LogP contribution >= 0.6 is 0 Å². The summed E-state index contributed by atoms with van der Waals surface area (Å²) >= 11 is 0. The number of unbranched alkanes of at least 4 members (excludes halogenated alkanes) is 2. The minimum atomic E-state index is 0.365. The van der Waals surface area contributed by atoms with Gasteiger partial charge in [0.15, 0.2) is 0 Å². The normalized spacial score (nSPS) is 17.2. The van der Waals surface area contributed by atoms with Crippen LogP contribution in [0.3, 0.4) is 0 Å². The Morgan fingerprint density at radius 1 is 1.25 bits per heavy atom. The lowest BCUT2D eigenvalue weighted by Gasteiger charge is -2.11. The average molecular weight is 222 g/mol. The van der Waals surface area contributed by atoms with Gasteiger partial charge < -0.3 is 5.11 Å². The lowest BCUT2D eigenvalue weighted by molar-refractivity contribution is 0.211. The molecular weight excluding hydrogens is 196 g/mol. The molecular formula is C15H26O. The molecule has 1 nitrogen and oxygen atoms in total. The van der Waals surface area contributed by atoms with Crippen molar-refractivity contribution in [2.45, 2.75) is 58.3 Å². The summed E-state index contributed by atoms with van der Waals surface area (Å²) in [6, 6.07) is 0. The Labute approximate surface area is 100 Å². The standard InChI is InChI=1S/C15H26O/c1-2-14(13-16)9-5-3-6-10-15-11-7-4-8-12-15/h7,11-12,14,16H,2-6,8-10,13H2,1H3. The highest BCUT2D eigenvalue weighted by Crippen LogP contribution is 2.18. The third-order valence-electron chi connectivity index (χ3n) is 3.49. The second kappa shape index (κ2) is 8.58. The molecule has 0 aromatic carbocycles. The fraction of sp³-hybridized carbons (Fsp3) is 0.733. The SMILES string of the molecule is CCC(CO)CCCCCC1=CCCC=C1. The first-order chi connectivity index (χ1) is 7.86.